The lowest BCUT2D eigenvalue weighted by Crippen LogP contribution is -2.07. The van der Waals surface area contributed by atoms with Gasteiger partial charge in [0.25, 0.3) is 0 Å². The van der Waals surface area contributed by atoms with Gasteiger partial charge in [-0.05, 0) is 38.8 Å². The average Bonchev–Trinajstić information content (AvgIpc) is 2.59. The molecule has 4 nitrogen and oxygen atoms in total. The van der Waals surface area contributed by atoms with Crippen LogP contribution in [-0.4, -0.2) is 20.9 Å². The number of carboxylic acid groups (broad SMARTS) is 1. The summed E-state index contributed by atoms with van der Waals surface area (Å²) in [4.78, 5) is 11.2. The number of aromatic nitrogens is 2. The predicted molar refractivity (Wildman–Crippen MR) is 73.7 cm³/mol. The Bertz CT molecular complexity index is 642. The summed E-state index contributed by atoms with van der Waals surface area (Å²) in [5.41, 5.74) is 5.13. The van der Waals surface area contributed by atoms with Gasteiger partial charge in [0.1, 0.15) is 5.56 Å². The molecule has 0 unspecified atom stereocenters. The third kappa shape index (κ3) is 2.52. The van der Waals surface area contributed by atoms with Crippen molar-refractivity contribution in [3.05, 3.63) is 51.8 Å². The lowest BCUT2D eigenvalue weighted by atomic mass is 10.1. The molecule has 0 aliphatic heterocycles. The number of benzene rings is 1. The molecule has 4 heteroatoms. The molecule has 1 heterocycles. The molecule has 1 aromatic heterocycles. The molecule has 0 saturated heterocycles. The number of aryl methyl sites for hydroxylation is 3. The second-order valence-corrected chi connectivity index (χ2v) is 4.94. The van der Waals surface area contributed by atoms with Crippen LogP contribution >= 0.6 is 0 Å². The van der Waals surface area contributed by atoms with Gasteiger partial charge >= 0.3 is 5.97 Å². The first-order valence-electron chi connectivity index (χ1n) is 6.23. The van der Waals surface area contributed by atoms with Gasteiger partial charge in [0, 0.05) is 0 Å². The lowest BCUT2D eigenvalue weighted by Gasteiger charge is -2.09. The molecule has 0 fully saturated rings. The van der Waals surface area contributed by atoms with Gasteiger partial charge in [0.05, 0.1) is 17.9 Å². The summed E-state index contributed by atoms with van der Waals surface area (Å²) in [7, 11) is 0. The van der Waals surface area contributed by atoms with E-state index in [1.54, 1.807) is 18.5 Å². The Kier molecular flexibility index (Phi) is 3.42. The number of aromatic carboxylic acids is 1. The van der Waals surface area contributed by atoms with Crippen molar-refractivity contribution in [2.24, 2.45) is 0 Å². The van der Waals surface area contributed by atoms with Crippen molar-refractivity contribution in [2.75, 3.05) is 0 Å². The van der Waals surface area contributed by atoms with E-state index in [0.717, 1.165) is 0 Å². The second kappa shape index (κ2) is 4.88. The minimum atomic E-state index is -0.915. The number of carbonyl (C=O) groups is 1. The monoisotopic (exact) mass is 258 g/mol. The van der Waals surface area contributed by atoms with Crippen LogP contribution in [0.4, 0.5) is 0 Å². The molecule has 100 valence electrons. The summed E-state index contributed by atoms with van der Waals surface area (Å²) in [6.45, 7) is 8.24. The van der Waals surface area contributed by atoms with E-state index < -0.39 is 5.97 Å². The lowest BCUT2D eigenvalue weighted by molar-refractivity contribution is 0.0695. The maximum Gasteiger partial charge on any atom is 0.339 e. The zero-order chi connectivity index (χ0) is 14.2. The minimum absolute atomic E-state index is 0.310. The molecule has 2 rings (SSSR count). The van der Waals surface area contributed by atoms with Gasteiger partial charge < -0.3 is 5.11 Å². The Morgan fingerprint density at radius 2 is 1.95 bits per heavy atom. The van der Waals surface area contributed by atoms with Crippen molar-refractivity contribution >= 4 is 5.97 Å². The van der Waals surface area contributed by atoms with E-state index in [-0.39, 0.29) is 0 Å². The molecule has 0 aliphatic carbocycles. The Morgan fingerprint density at radius 1 is 1.26 bits per heavy atom. The number of hydrogen-bond acceptors (Lipinski definition) is 2. The topological polar surface area (TPSA) is 55.1 Å². The van der Waals surface area contributed by atoms with Crippen molar-refractivity contribution in [1.29, 1.82) is 0 Å². The Morgan fingerprint density at radius 3 is 2.53 bits per heavy atom. The summed E-state index contributed by atoms with van der Waals surface area (Å²) in [5.74, 6) is -0.915. The predicted octanol–water partition coefficient (Wildman–Crippen LogP) is 2.86. The average molecular weight is 258 g/mol. The maximum atomic E-state index is 11.2. The van der Waals surface area contributed by atoms with E-state index in [9.17, 15) is 9.90 Å². The summed E-state index contributed by atoms with van der Waals surface area (Å²) < 4.78 is 1.76. The van der Waals surface area contributed by atoms with Gasteiger partial charge in [-0.15, -0.1) is 0 Å². The van der Waals surface area contributed by atoms with Crippen molar-refractivity contribution in [1.82, 2.24) is 9.78 Å². The van der Waals surface area contributed by atoms with Gasteiger partial charge in [-0.3, -0.25) is 4.68 Å². The number of nitrogens with zero attached hydrogens (tertiary/aromatic N) is 2. The van der Waals surface area contributed by atoms with Crippen molar-refractivity contribution in [3.8, 4) is 0 Å². The highest BCUT2D eigenvalue weighted by Gasteiger charge is 2.17. The molecular weight excluding hydrogens is 240 g/mol. The highest BCUT2D eigenvalue weighted by Crippen LogP contribution is 2.17. The molecule has 19 heavy (non-hydrogen) atoms. The van der Waals surface area contributed by atoms with E-state index in [0.29, 0.717) is 23.5 Å². The van der Waals surface area contributed by atoms with Gasteiger partial charge in [0.2, 0.25) is 0 Å². The zero-order valence-electron chi connectivity index (χ0n) is 11.7. The molecule has 0 amide bonds. The third-order valence-electron chi connectivity index (χ3n) is 3.42. The highest BCUT2D eigenvalue weighted by atomic mass is 16.4. The largest absolute Gasteiger partial charge is 0.478 e. The smallest absolute Gasteiger partial charge is 0.339 e. The zero-order valence-corrected chi connectivity index (χ0v) is 11.7. The van der Waals surface area contributed by atoms with E-state index in [4.69, 9.17) is 0 Å². The van der Waals surface area contributed by atoms with Gasteiger partial charge in [-0.1, -0.05) is 23.8 Å². The molecule has 1 N–H and O–H groups in total. The van der Waals surface area contributed by atoms with Crippen LogP contribution in [-0.2, 0) is 6.54 Å². The van der Waals surface area contributed by atoms with Crippen LogP contribution in [0.5, 0.6) is 0 Å². The van der Waals surface area contributed by atoms with Crippen molar-refractivity contribution in [3.63, 3.8) is 0 Å². The SMILES string of the molecule is Cc1ccc(C)c(Cn2nc(C)c(C(=O)O)c2C)c1. The van der Waals surface area contributed by atoms with Gasteiger partial charge in [-0.2, -0.15) is 5.10 Å². The van der Waals surface area contributed by atoms with E-state index in [1.165, 1.54) is 16.7 Å². The fourth-order valence-electron chi connectivity index (χ4n) is 2.29. The van der Waals surface area contributed by atoms with Crippen molar-refractivity contribution < 1.29 is 9.90 Å². The number of hydrogen-bond donors (Lipinski definition) is 1. The van der Waals surface area contributed by atoms with E-state index in [1.807, 2.05) is 6.92 Å². The van der Waals surface area contributed by atoms with Crippen LogP contribution in [0.1, 0.15) is 38.4 Å². The molecule has 0 spiro atoms. The first-order chi connectivity index (χ1) is 8.90. The fourth-order valence-corrected chi connectivity index (χ4v) is 2.29. The Balaban J connectivity index is 2.42. The normalized spacial score (nSPS) is 10.7. The van der Waals surface area contributed by atoms with Crippen LogP contribution in [0.15, 0.2) is 18.2 Å². The first kappa shape index (κ1) is 13.3. The standard InChI is InChI=1S/C15H18N2O2/c1-9-5-6-10(2)13(7-9)8-17-12(4)14(15(18)19)11(3)16-17/h5-7H,8H2,1-4H3,(H,18,19). The number of carboxylic acids is 1. The summed E-state index contributed by atoms with van der Waals surface area (Å²) >= 11 is 0. The van der Waals surface area contributed by atoms with Crippen LogP contribution in [0, 0.1) is 27.7 Å². The van der Waals surface area contributed by atoms with Crippen LogP contribution in [0.25, 0.3) is 0 Å². The second-order valence-electron chi connectivity index (χ2n) is 4.94. The molecule has 0 aliphatic rings. The van der Waals surface area contributed by atoms with Crippen LogP contribution in [0.3, 0.4) is 0 Å². The molecule has 2 aromatic rings. The van der Waals surface area contributed by atoms with Gasteiger partial charge in [-0.25, -0.2) is 4.79 Å². The Labute approximate surface area is 112 Å². The first-order valence-corrected chi connectivity index (χ1v) is 6.23. The number of rotatable bonds is 3. The molecule has 0 bridgehead atoms. The fraction of sp³-hybridized carbons (Fsp3) is 0.333. The quantitative estimate of drug-likeness (QED) is 0.921. The summed E-state index contributed by atoms with van der Waals surface area (Å²) in [6.07, 6.45) is 0. The van der Waals surface area contributed by atoms with Crippen molar-refractivity contribution in [2.45, 2.75) is 34.2 Å². The highest BCUT2D eigenvalue weighted by molar-refractivity contribution is 5.90. The van der Waals surface area contributed by atoms with E-state index in [2.05, 4.69) is 30.2 Å². The summed E-state index contributed by atoms with van der Waals surface area (Å²) in [6, 6.07) is 6.27. The summed E-state index contributed by atoms with van der Waals surface area (Å²) in [5, 5.41) is 13.5. The third-order valence-corrected chi connectivity index (χ3v) is 3.42. The molecular formula is C15H18N2O2. The maximum absolute atomic E-state index is 11.2. The van der Waals surface area contributed by atoms with E-state index >= 15 is 0 Å². The molecule has 0 saturated carbocycles. The minimum Gasteiger partial charge on any atom is -0.478 e. The van der Waals surface area contributed by atoms with Crippen LogP contribution in [0.2, 0.25) is 0 Å². The molecule has 0 atom stereocenters. The van der Waals surface area contributed by atoms with Gasteiger partial charge in [0.15, 0.2) is 0 Å². The van der Waals surface area contributed by atoms with Crippen LogP contribution < -0.4 is 0 Å². The Hall–Kier alpha value is -2.10. The molecule has 1 aromatic carbocycles. The molecule has 0 radical (unpaired) electrons.